The average molecular weight is 420 g/mol. The molecule has 0 bridgehead atoms. The molecular formula is C23H29N7O. The molecule has 2 aromatic heterocycles. The fourth-order valence-corrected chi connectivity index (χ4v) is 3.66. The van der Waals surface area contributed by atoms with Crippen LogP contribution in [0.5, 0.6) is 5.75 Å². The molecule has 162 valence electrons. The van der Waals surface area contributed by atoms with Gasteiger partial charge >= 0.3 is 0 Å². The first-order valence-electron chi connectivity index (χ1n) is 10.6. The molecule has 0 amide bonds. The van der Waals surface area contributed by atoms with Crippen molar-refractivity contribution in [1.82, 2.24) is 25.0 Å². The van der Waals surface area contributed by atoms with Crippen LogP contribution >= 0.6 is 0 Å². The summed E-state index contributed by atoms with van der Waals surface area (Å²) in [5.41, 5.74) is 2.30. The van der Waals surface area contributed by atoms with Crippen LogP contribution in [-0.2, 0) is 6.54 Å². The Bertz CT molecular complexity index is 995. The van der Waals surface area contributed by atoms with Gasteiger partial charge in [-0.2, -0.15) is 5.10 Å². The molecule has 0 aliphatic carbocycles. The number of nitrogens with one attached hydrogen (secondary N) is 1. The molecule has 1 saturated heterocycles. The number of aromatic nitrogens is 3. The number of aliphatic imine (C=N–C) groups is 1. The molecule has 4 rings (SSSR count). The minimum atomic E-state index is 0.592. The van der Waals surface area contributed by atoms with Gasteiger partial charge in [0.15, 0.2) is 11.8 Å². The predicted molar refractivity (Wildman–Crippen MR) is 123 cm³/mol. The summed E-state index contributed by atoms with van der Waals surface area (Å²) in [5, 5.41) is 7.70. The van der Waals surface area contributed by atoms with Crippen LogP contribution in [0, 0.1) is 0 Å². The summed E-state index contributed by atoms with van der Waals surface area (Å²) >= 11 is 0. The number of nitrogens with zero attached hydrogens (tertiary/aromatic N) is 6. The SMILES string of the molecule is CCNC(=NCc1ccnc(-n2cccn2)c1)N1CCN(c2cccc(OC)c2)CC1. The van der Waals surface area contributed by atoms with Gasteiger partial charge in [-0.25, -0.2) is 14.7 Å². The van der Waals surface area contributed by atoms with E-state index in [2.05, 4.69) is 44.3 Å². The Hall–Kier alpha value is -3.55. The second-order valence-corrected chi connectivity index (χ2v) is 7.32. The van der Waals surface area contributed by atoms with E-state index in [-0.39, 0.29) is 0 Å². The Morgan fingerprint density at radius 1 is 1.10 bits per heavy atom. The van der Waals surface area contributed by atoms with Crippen LogP contribution in [0.4, 0.5) is 5.69 Å². The summed E-state index contributed by atoms with van der Waals surface area (Å²) in [7, 11) is 1.71. The fraction of sp³-hybridized carbons (Fsp3) is 0.348. The first-order valence-corrected chi connectivity index (χ1v) is 10.6. The number of rotatable bonds is 6. The highest BCUT2D eigenvalue weighted by molar-refractivity contribution is 5.80. The van der Waals surface area contributed by atoms with Gasteiger partial charge in [0.1, 0.15) is 5.75 Å². The first kappa shape index (κ1) is 20.7. The molecule has 8 nitrogen and oxygen atoms in total. The summed E-state index contributed by atoms with van der Waals surface area (Å²) in [6.07, 6.45) is 5.45. The minimum Gasteiger partial charge on any atom is -0.497 e. The monoisotopic (exact) mass is 419 g/mol. The molecule has 0 saturated carbocycles. The molecule has 0 radical (unpaired) electrons. The smallest absolute Gasteiger partial charge is 0.194 e. The largest absolute Gasteiger partial charge is 0.497 e. The summed E-state index contributed by atoms with van der Waals surface area (Å²) < 4.78 is 7.13. The third kappa shape index (κ3) is 5.14. The molecule has 0 unspecified atom stereocenters. The van der Waals surface area contributed by atoms with E-state index in [0.29, 0.717) is 6.54 Å². The Morgan fingerprint density at radius 2 is 1.97 bits per heavy atom. The molecular weight excluding hydrogens is 390 g/mol. The minimum absolute atomic E-state index is 0.592. The average Bonchev–Trinajstić information content (AvgIpc) is 3.37. The van der Waals surface area contributed by atoms with E-state index >= 15 is 0 Å². The third-order valence-corrected chi connectivity index (χ3v) is 5.29. The van der Waals surface area contributed by atoms with Crippen LogP contribution in [0.1, 0.15) is 12.5 Å². The van der Waals surface area contributed by atoms with Gasteiger partial charge in [-0.3, -0.25) is 0 Å². The number of piperazine rings is 1. The van der Waals surface area contributed by atoms with Gasteiger partial charge in [0.05, 0.1) is 13.7 Å². The van der Waals surface area contributed by atoms with Crippen molar-refractivity contribution in [3.05, 3.63) is 66.6 Å². The highest BCUT2D eigenvalue weighted by Gasteiger charge is 2.20. The number of methoxy groups -OCH3 is 1. The Balaban J connectivity index is 1.41. The van der Waals surface area contributed by atoms with Crippen molar-refractivity contribution in [2.24, 2.45) is 4.99 Å². The second-order valence-electron chi connectivity index (χ2n) is 7.32. The van der Waals surface area contributed by atoms with Crippen LogP contribution < -0.4 is 15.0 Å². The van der Waals surface area contributed by atoms with Crippen molar-refractivity contribution < 1.29 is 4.74 Å². The number of benzene rings is 1. The summed E-state index contributed by atoms with van der Waals surface area (Å²) in [5.74, 6) is 2.64. The van der Waals surface area contributed by atoms with E-state index in [9.17, 15) is 0 Å². The summed E-state index contributed by atoms with van der Waals surface area (Å²) in [6.45, 7) is 7.24. The van der Waals surface area contributed by atoms with Gasteiger partial charge in [-0.05, 0) is 42.8 Å². The van der Waals surface area contributed by atoms with E-state index < -0.39 is 0 Å². The van der Waals surface area contributed by atoms with Gasteiger partial charge in [0.2, 0.25) is 0 Å². The van der Waals surface area contributed by atoms with Gasteiger partial charge in [-0.15, -0.1) is 0 Å². The maximum absolute atomic E-state index is 5.37. The molecule has 0 spiro atoms. The molecule has 3 aromatic rings. The molecule has 1 N–H and O–H groups in total. The fourth-order valence-electron chi connectivity index (χ4n) is 3.66. The molecule has 1 fully saturated rings. The van der Waals surface area contributed by atoms with Gasteiger partial charge in [0, 0.05) is 63.1 Å². The molecule has 0 atom stereocenters. The van der Waals surface area contributed by atoms with Crippen LogP contribution in [0.15, 0.2) is 66.0 Å². The van der Waals surface area contributed by atoms with Crippen molar-refractivity contribution in [3.8, 4) is 11.6 Å². The van der Waals surface area contributed by atoms with Gasteiger partial charge in [0.25, 0.3) is 0 Å². The predicted octanol–water partition coefficient (Wildman–Crippen LogP) is 2.56. The number of anilines is 1. The lowest BCUT2D eigenvalue weighted by Crippen LogP contribution is -2.52. The third-order valence-electron chi connectivity index (χ3n) is 5.29. The maximum Gasteiger partial charge on any atom is 0.194 e. The second kappa shape index (κ2) is 9.97. The Labute approximate surface area is 183 Å². The molecule has 1 aliphatic heterocycles. The Morgan fingerprint density at radius 3 is 2.71 bits per heavy atom. The quantitative estimate of drug-likeness (QED) is 0.489. The van der Waals surface area contributed by atoms with Crippen LogP contribution in [0.2, 0.25) is 0 Å². The van der Waals surface area contributed by atoms with Crippen LogP contribution in [0.3, 0.4) is 0 Å². The zero-order valence-electron chi connectivity index (χ0n) is 18.1. The Kier molecular flexibility index (Phi) is 6.66. The zero-order chi connectivity index (χ0) is 21.5. The molecule has 3 heterocycles. The number of ether oxygens (including phenoxy) is 1. The van der Waals surface area contributed by atoms with Crippen molar-refractivity contribution >= 4 is 11.6 Å². The van der Waals surface area contributed by atoms with E-state index in [1.807, 2.05) is 42.7 Å². The lowest BCUT2D eigenvalue weighted by Gasteiger charge is -2.37. The normalized spacial score (nSPS) is 14.6. The standard InChI is InChI=1S/C23H29N7O/c1-3-24-23(26-18-19-8-10-25-22(16-19)30-11-5-9-27-30)29-14-12-28(13-15-29)20-6-4-7-21(17-20)31-2/h4-11,16-17H,3,12-15,18H2,1-2H3,(H,24,26). The van der Waals surface area contributed by atoms with Crippen molar-refractivity contribution in [1.29, 1.82) is 0 Å². The summed E-state index contributed by atoms with van der Waals surface area (Å²) in [6, 6.07) is 14.2. The van der Waals surface area contributed by atoms with Gasteiger partial charge in [-0.1, -0.05) is 6.07 Å². The van der Waals surface area contributed by atoms with E-state index in [4.69, 9.17) is 9.73 Å². The number of hydrogen-bond acceptors (Lipinski definition) is 5. The van der Waals surface area contributed by atoms with E-state index in [0.717, 1.165) is 55.8 Å². The van der Waals surface area contributed by atoms with Crippen molar-refractivity contribution in [2.75, 3.05) is 44.7 Å². The first-order chi connectivity index (χ1) is 15.3. The number of guanidine groups is 1. The van der Waals surface area contributed by atoms with Crippen LogP contribution in [0.25, 0.3) is 5.82 Å². The van der Waals surface area contributed by atoms with E-state index in [1.54, 1.807) is 18.0 Å². The van der Waals surface area contributed by atoms with Crippen molar-refractivity contribution in [3.63, 3.8) is 0 Å². The maximum atomic E-state index is 5.37. The van der Waals surface area contributed by atoms with E-state index in [1.165, 1.54) is 5.69 Å². The molecule has 1 aromatic carbocycles. The lowest BCUT2D eigenvalue weighted by molar-refractivity contribution is 0.372. The molecule has 1 aliphatic rings. The van der Waals surface area contributed by atoms with Crippen LogP contribution in [-0.4, -0.2) is 65.5 Å². The number of pyridine rings is 1. The number of hydrogen-bond donors (Lipinski definition) is 1. The van der Waals surface area contributed by atoms with Gasteiger partial charge < -0.3 is 19.9 Å². The summed E-state index contributed by atoms with van der Waals surface area (Å²) in [4.78, 5) is 14.0. The highest BCUT2D eigenvalue weighted by atomic mass is 16.5. The zero-order valence-corrected chi connectivity index (χ0v) is 18.1. The molecule has 31 heavy (non-hydrogen) atoms. The lowest BCUT2D eigenvalue weighted by atomic mass is 10.2. The van der Waals surface area contributed by atoms with Crippen molar-refractivity contribution in [2.45, 2.75) is 13.5 Å². The topological polar surface area (TPSA) is 70.8 Å². The highest BCUT2D eigenvalue weighted by Crippen LogP contribution is 2.22. The molecule has 8 heteroatoms.